The molecule has 0 bridgehead atoms. The van der Waals surface area contributed by atoms with E-state index in [1.165, 1.54) is 19.3 Å². The van der Waals surface area contributed by atoms with Gasteiger partial charge in [-0.05, 0) is 13.3 Å². The molecule has 1 N–H and O–H groups in total. The molecule has 0 aliphatic carbocycles. The van der Waals surface area contributed by atoms with Gasteiger partial charge in [-0.3, -0.25) is 4.90 Å². The molecular formula is C14H26N4O. The van der Waals surface area contributed by atoms with Gasteiger partial charge in [-0.2, -0.15) is 4.98 Å². The van der Waals surface area contributed by atoms with E-state index in [1.54, 1.807) is 0 Å². The van der Waals surface area contributed by atoms with Crippen LogP contribution in [0, 0.1) is 0 Å². The van der Waals surface area contributed by atoms with Gasteiger partial charge >= 0.3 is 0 Å². The topological polar surface area (TPSA) is 54.2 Å². The predicted molar refractivity (Wildman–Crippen MR) is 75.0 cm³/mol. The highest BCUT2D eigenvalue weighted by molar-refractivity contribution is 4.94. The molecule has 19 heavy (non-hydrogen) atoms. The standard InChI is InChI=1S/C14H26N4O/c1-3-4-5-6-7-13-16-14(17-19-13)12(2)18-10-8-15-9-11-18/h12,15H,3-11H2,1-2H3. The molecule has 2 heterocycles. The number of nitrogens with zero attached hydrogens (tertiary/aromatic N) is 3. The molecule has 1 fully saturated rings. The molecule has 1 unspecified atom stereocenters. The van der Waals surface area contributed by atoms with Crippen LogP contribution in [0.4, 0.5) is 0 Å². The van der Waals surface area contributed by atoms with Gasteiger partial charge in [0.2, 0.25) is 5.89 Å². The molecule has 0 spiro atoms. The molecule has 1 aromatic rings. The predicted octanol–water partition coefficient (Wildman–Crippen LogP) is 2.16. The van der Waals surface area contributed by atoms with Crippen molar-refractivity contribution in [2.24, 2.45) is 0 Å². The Balaban J connectivity index is 1.81. The second-order valence-corrected chi connectivity index (χ2v) is 5.32. The van der Waals surface area contributed by atoms with Crippen LogP contribution in [0.25, 0.3) is 0 Å². The maximum absolute atomic E-state index is 5.35. The number of nitrogens with one attached hydrogen (secondary N) is 1. The summed E-state index contributed by atoms with van der Waals surface area (Å²) in [5.74, 6) is 1.64. The number of hydrogen-bond donors (Lipinski definition) is 1. The van der Waals surface area contributed by atoms with Crippen LogP contribution < -0.4 is 5.32 Å². The van der Waals surface area contributed by atoms with Crippen molar-refractivity contribution in [3.8, 4) is 0 Å². The van der Waals surface area contributed by atoms with E-state index in [0.29, 0.717) is 0 Å². The molecule has 5 heteroatoms. The highest BCUT2D eigenvalue weighted by Crippen LogP contribution is 2.18. The maximum atomic E-state index is 5.35. The Morgan fingerprint density at radius 3 is 2.79 bits per heavy atom. The number of aromatic nitrogens is 2. The number of piperazine rings is 1. The molecule has 0 radical (unpaired) electrons. The summed E-state index contributed by atoms with van der Waals surface area (Å²) >= 11 is 0. The third-order valence-corrected chi connectivity index (χ3v) is 3.80. The van der Waals surface area contributed by atoms with E-state index in [4.69, 9.17) is 4.52 Å². The third-order valence-electron chi connectivity index (χ3n) is 3.80. The van der Waals surface area contributed by atoms with Crippen LogP contribution in [0.5, 0.6) is 0 Å². The number of hydrogen-bond acceptors (Lipinski definition) is 5. The van der Waals surface area contributed by atoms with Crippen LogP contribution >= 0.6 is 0 Å². The lowest BCUT2D eigenvalue weighted by Crippen LogP contribution is -2.44. The summed E-state index contributed by atoms with van der Waals surface area (Å²) in [7, 11) is 0. The fourth-order valence-electron chi connectivity index (χ4n) is 2.48. The molecule has 0 amide bonds. The Morgan fingerprint density at radius 1 is 1.26 bits per heavy atom. The van der Waals surface area contributed by atoms with Crippen molar-refractivity contribution in [2.45, 2.75) is 52.0 Å². The van der Waals surface area contributed by atoms with Crippen LogP contribution in [0.1, 0.15) is 57.3 Å². The summed E-state index contributed by atoms with van der Waals surface area (Å²) in [6.07, 6.45) is 5.87. The lowest BCUT2D eigenvalue weighted by molar-refractivity contribution is 0.176. The molecule has 5 nitrogen and oxygen atoms in total. The van der Waals surface area contributed by atoms with Gasteiger partial charge in [-0.1, -0.05) is 31.3 Å². The fourth-order valence-corrected chi connectivity index (χ4v) is 2.48. The van der Waals surface area contributed by atoms with Gasteiger partial charge < -0.3 is 9.84 Å². The van der Waals surface area contributed by atoms with E-state index in [9.17, 15) is 0 Å². The number of rotatable bonds is 7. The minimum absolute atomic E-state index is 0.259. The van der Waals surface area contributed by atoms with Gasteiger partial charge in [0.1, 0.15) is 0 Å². The molecule has 2 rings (SSSR count). The van der Waals surface area contributed by atoms with E-state index >= 15 is 0 Å². The van der Waals surface area contributed by atoms with Crippen LogP contribution in [-0.2, 0) is 6.42 Å². The van der Waals surface area contributed by atoms with Gasteiger partial charge in [-0.15, -0.1) is 0 Å². The maximum Gasteiger partial charge on any atom is 0.226 e. The van der Waals surface area contributed by atoms with E-state index in [2.05, 4.69) is 34.2 Å². The Hall–Kier alpha value is -0.940. The zero-order chi connectivity index (χ0) is 13.5. The van der Waals surface area contributed by atoms with E-state index in [0.717, 1.165) is 50.7 Å². The van der Waals surface area contributed by atoms with E-state index < -0.39 is 0 Å². The second kappa shape index (κ2) is 7.60. The Morgan fingerprint density at radius 2 is 2.05 bits per heavy atom. The molecule has 108 valence electrons. The van der Waals surface area contributed by atoms with Gasteiger partial charge in [0.25, 0.3) is 0 Å². The lowest BCUT2D eigenvalue weighted by atomic mass is 10.1. The van der Waals surface area contributed by atoms with Gasteiger partial charge in [0.05, 0.1) is 6.04 Å². The van der Waals surface area contributed by atoms with Crippen molar-refractivity contribution in [1.29, 1.82) is 0 Å². The molecule has 0 aromatic carbocycles. The van der Waals surface area contributed by atoms with E-state index in [-0.39, 0.29) is 6.04 Å². The largest absolute Gasteiger partial charge is 0.339 e. The Kier molecular flexibility index (Phi) is 5.79. The first-order valence-electron chi connectivity index (χ1n) is 7.58. The highest BCUT2D eigenvalue weighted by atomic mass is 16.5. The Labute approximate surface area is 115 Å². The molecule has 1 aliphatic heterocycles. The fraction of sp³-hybridized carbons (Fsp3) is 0.857. The first-order chi connectivity index (χ1) is 9.31. The first-order valence-corrected chi connectivity index (χ1v) is 7.58. The Bertz CT molecular complexity index is 360. The molecular weight excluding hydrogens is 240 g/mol. The SMILES string of the molecule is CCCCCCc1nc(C(C)N2CCNCC2)no1. The first kappa shape index (κ1) is 14.5. The summed E-state index contributed by atoms with van der Waals surface area (Å²) in [6, 6.07) is 0.259. The average Bonchev–Trinajstić information content (AvgIpc) is 2.92. The van der Waals surface area contributed by atoms with Crippen molar-refractivity contribution in [2.75, 3.05) is 26.2 Å². The minimum atomic E-state index is 0.259. The molecule has 1 aromatic heterocycles. The quantitative estimate of drug-likeness (QED) is 0.766. The molecule has 1 saturated heterocycles. The monoisotopic (exact) mass is 266 g/mol. The van der Waals surface area contributed by atoms with Crippen LogP contribution in [-0.4, -0.2) is 41.2 Å². The summed E-state index contributed by atoms with van der Waals surface area (Å²) in [5.41, 5.74) is 0. The highest BCUT2D eigenvalue weighted by Gasteiger charge is 2.22. The number of unbranched alkanes of at least 4 members (excludes halogenated alkanes) is 3. The zero-order valence-corrected chi connectivity index (χ0v) is 12.2. The summed E-state index contributed by atoms with van der Waals surface area (Å²) in [6.45, 7) is 8.60. The van der Waals surface area contributed by atoms with Crippen LogP contribution in [0.2, 0.25) is 0 Å². The lowest BCUT2D eigenvalue weighted by Gasteiger charge is -2.30. The summed E-state index contributed by atoms with van der Waals surface area (Å²) in [5, 5.41) is 7.50. The smallest absolute Gasteiger partial charge is 0.226 e. The summed E-state index contributed by atoms with van der Waals surface area (Å²) < 4.78 is 5.35. The molecule has 0 saturated carbocycles. The van der Waals surface area contributed by atoms with Crippen molar-refractivity contribution in [1.82, 2.24) is 20.4 Å². The van der Waals surface area contributed by atoms with Crippen molar-refractivity contribution < 1.29 is 4.52 Å². The zero-order valence-electron chi connectivity index (χ0n) is 12.2. The number of aryl methyl sites for hydroxylation is 1. The molecule has 1 atom stereocenters. The van der Waals surface area contributed by atoms with Gasteiger partial charge in [0, 0.05) is 32.6 Å². The molecule has 1 aliphatic rings. The van der Waals surface area contributed by atoms with Crippen LogP contribution in [0.15, 0.2) is 4.52 Å². The van der Waals surface area contributed by atoms with Crippen LogP contribution in [0.3, 0.4) is 0 Å². The summed E-state index contributed by atoms with van der Waals surface area (Å²) in [4.78, 5) is 6.95. The van der Waals surface area contributed by atoms with Crippen molar-refractivity contribution in [3.05, 3.63) is 11.7 Å². The van der Waals surface area contributed by atoms with Crippen molar-refractivity contribution >= 4 is 0 Å². The van der Waals surface area contributed by atoms with Gasteiger partial charge in [0.15, 0.2) is 5.82 Å². The van der Waals surface area contributed by atoms with Gasteiger partial charge in [-0.25, -0.2) is 0 Å². The second-order valence-electron chi connectivity index (χ2n) is 5.32. The average molecular weight is 266 g/mol. The third kappa shape index (κ3) is 4.28. The normalized spacial score (nSPS) is 18.6. The van der Waals surface area contributed by atoms with Crippen molar-refractivity contribution in [3.63, 3.8) is 0 Å². The van der Waals surface area contributed by atoms with E-state index in [1.807, 2.05) is 0 Å². The minimum Gasteiger partial charge on any atom is -0.339 e.